The SMILES string of the molecule is C/C=C/CN(C)/C=C(/c1cc(C(=O)NCC(C)C)ccc1OC)c1cc[nH]c1CC. The number of rotatable bonds is 10. The monoisotopic (exact) mass is 409 g/mol. The van der Waals surface area contributed by atoms with Crippen LogP contribution in [0.3, 0.4) is 0 Å². The molecule has 162 valence electrons. The van der Waals surface area contributed by atoms with Gasteiger partial charge in [0, 0.05) is 60.5 Å². The molecular formula is C25H35N3O2. The Kier molecular flexibility index (Phi) is 8.78. The highest BCUT2D eigenvalue weighted by Crippen LogP contribution is 2.34. The summed E-state index contributed by atoms with van der Waals surface area (Å²) < 4.78 is 5.68. The third-order valence-corrected chi connectivity index (χ3v) is 4.88. The van der Waals surface area contributed by atoms with Crippen LogP contribution in [0.5, 0.6) is 5.75 Å². The van der Waals surface area contributed by atoms with Gasteiger partial charge in [0.2, 0.25) is 0 Å². The second-order valence-corrected chi connectivity index (χ2v) is 7.79. The number of nitrogens with one attached hydrogen (secondary N) is 2. The molecule has 0 aliphatic rings. The van der Waals surface area contributed by atoms with Crippen LogP contribution in [0.1, 0.15) is 54.9 Å². The highest BCUT2D eigenvalue weighted by atomic mass is 16.5. The fraction of sp³-hybridized carbons (Fsp3) is 0.400. The molecule has 0 fully saturated rings. The van der Waals surface area contributed by atoms with E-state index in [0.717, 1.165) is 41.1 Å². The molecule has 5 nitrogen and oxygen atoms in total. The summed E-state index contributed by atoms with van der Waals surface area (Å²) in [5.74, 6) is 1.07. The number of H-pyrrole nitrogens is 1. The smallest absolute Gasteiger partial charge is 0.251 e. The van der Waals surface area contributed by atoms with Crippen molar-refractivity contribution in [1.29, 1.82) is 0 Å². The largest absolute Gasteiger partial charge is 0.496 e. The lowest BCUT2D eigenvalue weighted by Gasteiger charge is -2.19. The van der Waals surface area contributed by atoms with Crippen molar-refractivity contribution in [3.8, 4) is 5.75 Å². The maximum atomic E-state index is 12.7. The van der Waals surface area contributed by atoms with Gasteiger partial charge in [-0.3, -0.25) is 4.79 Å². The van der Waals surface area contributed by atoms with Crippen molar-refractivity contribution in [2.75, 3.05) is 27.2 Å². The van der Waals surface area contributed by atoms with E-state index in [2.05, 4.69) is 54.3 Å². The van der Waals surface area contributed by atoms with Crippen molar-refractivity contribution in [2.45, 2.75) is 34.1 Å². The van der Waals surface area contributed by atoms with Crippen molar-refractivity contribution < 1.29 is 9.53 Å². The minimum absolute atomic E-state index is 0.0704. The third-order valence-electron chi connectivity index (χ3n) is 4.88. The minimum atomic E-state index is -0.0704. The lowest BCUT2D eigenvalue weighted by molar-refractivity contribution is 0.0949. The number of benzene rings is 1. The number of methoxy groups -OCH3 is 1. The van der Waals surface area contributed by atoms with E-state index in [-0.39, 0.29) is 5.91 Å². The van der Waals surface area contributed by atoms with Crippen molar-refractivity contribution >= 4 is 11.5 Å². The van der Waals surface area contributed by atoms with Gasteiger partial charge in [-0.25, -0.2) is 0 Å². The van der Waals surface area contributed by atoms with Gasteiger partial charge in [-0.05, 0) is 43.5 Å². The molecule has 0 aliphatic carbocycles. The number of aryl methyl sites for hydroxylation is 1. The number of hydrogen-bond acceptors (Lipinski definition) is 3. The average molecular weight is 410 g/mol. The number of carbonyl (C=O) groups is 1. The van der Waals surface area contributed by atoms with Gasteiger partial charge in [0.05, 0.1) is 7.11 Å². The number of carbonyl (C=O) groups excluding carboxylic acids is 1. The van der Waals surface area contributed by atoms with E-state index in [1.54, 1.807) is 7.11 Å². The Bertz CT molecular complexity index is 894. The molecule has 0 aliphatic heterocycles. The minimum Gasteiger partial charge on any atom is -0.496 e. The van der Waals surface area contributed by atoms with E-state index in [9.17, 15) is 4.79 Å². The summed E-state index contributed by atoms with van der Waals surface area (Å²) >= 11 is 0. The summed E-state index contributed by atoms with van der Waals surface area (Å²) in [5, 5.41) is 3.00. The van der Waals surface area contributed by atoms with Gasteiger partial charge in [0.15, 0.2) is 0 Å². The molecule has 1 heterocycles. The molecule has 0 bridgehead atoms. The Hall–Kier alpha value is -2.95. The number of amides is 1. The molecule has 5 heteroatoms. The van der Waals surface area contributed by atoms with Gasteiger partial charge >= 0.3 is 0 Å². The van der Waals surface area contributed by atoms with Crippen molar-refractivity contribution in [3.63, 3.8) is 0 Å². The summed E-state index contributed by atoms with van der Waals surface area (Å²) in [7, 11) is 3.71. The van der Waals surface area contributed by atoms with Crippen LogP contribution >= 0.6 is 0 Å². The Morgan fingerprint density at radius 2 is 2.03 bits per heavy atom. The number of aromatic nitrogens is 1. The lowest BCUT2D eigenvalue weighted by Crippen LogP contribution is -2.27. The van der Waals surface area contributed by atoms with Crippen LogP contribution in [-0.2, 0) is 6.42 Å². The predicted molar refractivity (Wildman–Crippen MR) is 125 cm³/mol. The standard InChI is InChI=1S/C25H35N3O2/c1-7-9-14-28(5)17-22(20-12-13-26-23(20)8-2)21-15-19(10-11-24(21)30-6)25(29)27-16-18(3)4/h7,9-13,15,17-18,26H,8,14,16H2,1-6H3,(H,27,29)/b9-7+,22-17+. The molecule has 30 heavy (non-hydrogen) atoms. The quantitative estimate of drug-likeness (QED) is 0.551. The molecule has 1 aromatic heterocycles. The molecule has 1 aromatic carbocycles. The van der Waals surface area contributed by atoms with E-state index in [1.807, 2.05) is 44.4 Å². The summed E-state index contributed by atoms with van der Waals surface area (Å²) in [6.07, 6.45) is 9.11. The molecule has 0 saturated carbocycles. The van der Waals surface area contributed by atoms with Gasteiger partial charge < -0.3 is 19.9 Å². The number of allylic oxidation sites excluding steroid dienone is 1. The van der Waals surface area contributed by atoms with E-state index >= 15 is 0 Å². The molecule has 0 atom stereocenters. The zero-order valence-corrected chi connectivity index (χ0v) is 19.1. The predicted octanol–water partition coefficient (Wildman–Crippen LogP) is 4.87. The molecule has 0 saturated heterocycles. The molecule has 1 amide bonds. The first kappa shape index (κ1) is 23.3. The topological polar surface area (TPSA) is 57.4 Å². The zero-order valence-electron chi connectivity index (χ0n) is 19.1. The molecule has 0 radical (unpaired) electrons. The summed E-state index contributed by atoms with van der Waals surface area (Å²) in [6, 6.07) is 7.70. The first-order valence-corrected chi connectivity index (χ1v) is 10.6. The fourth-order valence-corrected chi connectivity index (χ4v) is 3.24. The van der Waals surface area contributed by atoms with Crippen LogP contribution in [0.25, 0.3) is 5.57 Å². The Morgan fingerprint density at radius 1 is 1.27 bits per heavy atom. The Balaban J connectivity index is 2.57. The van der Waals surface area contributed by atoms with E-state index in [4.69, 9.17) is 4.74 Å². The van der Waals surface area contributed by atoms with Crippen molar-refractivity contribution in [1.82, 2.24) is 15.2 Å². The van der Waals surface area contributed by atoms with Crippen molar-refractivity contribution in [2.24, 2.45) is 5.92 Å². The number of hydrogen-bond donors (Lipinski definition) is 2. The van der Waals surface area contributed by atoms with E-state index < -0.39 is 0 Å². The van der Waals surface area contributed by atoms with E-state index in [0.29, 0.717) is 18.0 Å². The first-order valence-electron chi connectivity index (χ1n) is 10.6. The highest BCUT2D eigenvalue weighted by molar-refractivity contribution is 5.96. The van der Waals surface area contributed by atoms with E-state index in [1.165, 1.54) is 0 Å². The molecule has 2 rings (SSSR count). The Morgan fingerprint density at radius 3 is 2.67 bits per heavy atom. The van der Waals surface area contributed by atoms with Gasteiger partial charge in [-0.2, -0.15) is 0 Å². The van der Waals surface area contributed by atoms with Crippen LogP contribution in [-0.4, -0.2) is 43.0 Å². The summed E-state index contributed by atoms with van der Waals surface area (Å²) in [4.78, 5) is 18.2. The average Bonchev–Trinajstić information content (AvgIpc) is 3.22. The molecule has 0 unspecified atom stereocenters. The van der Waals surface area contributed by atoms with Crippen LogP contribution in [0, 0.1) is 5.92 Å². The van der Waals surface area contributed by atoms with Crippen molar-refractivity contribution in [3.05, 3.63) is 71.2 Å². The maximum absolute atomic E-state index is 12.7. The second kappa shape index (κ2) is 11.3. The molecule has 0 spiro atoms. The molecule has 2 N–H and O–H groups in total. The third kappa shape index (κ3) is 6.02. The number of likely N-dealkylation sites (N-methyl/N-ethyl adjacent to an activating group) is 1. The van der Waals surface area contributed by atoms with Crippen LogP contribution in [0.4, 0.5) is 0 Å². The van der Waals surface area contributed by atoms with Crippen LogP contribution in [0.15, 0.2) is 48.8 Å². The fourth-order valence-electron chi connectivity index (χ4n) is 3.24. The number of nitrogens with zero attached hydrogens (tertiary/aromatic N) is 1. The first-order chi connectivity index (χ1) is 14.4. The van der Waals surface area contributed by atoms with Gasteiger partial charge in [0.25, 0.3) is 5.91 Å². The zero-order chi connectivity index (χ0) is 22.1. The molecular weight excluding hydrogens is 374 g/mol. The number of aromatic amines is 1. The van der Waals surface area contributed by atoms with Crippen LogP contribution < -0.4 is 10.1 Å². The molecule has 2 aromatic rings. The summed E-state index contributed by atoms with van der Waals surface area (Å²) in [5.41, 5.74) is 4.81. The van der Waals surface area contributed by atoms with Gasteiger partial charge in [0.1, 0.15) is 5.75 Å². The summed E-state index contributed by atoms with van der Waals surface area (Å²) in [6.45, 7) is 9.75. The number of ether oxygens (including phenoxy) is 1. The lowest BCUT2D eigenvalue weighted by atomic mass is 9.95. The van der Waals surface area contributed by atoms with Crippen LogP contribution in [0.2, 0.25) is 0 Å². The maximum Gasteiger partial charge on any atom is 0.251 e. The van der Waals surface area contributed by atoms with Gasteiger partial charge in [-0.15, -0.1) is 0 Å². The Labute approximate surface area is 180 Å². The van der Waals surface area contributed by atoms with Gasteiger partial charge in [-0.1, -0.05) is 32.9 Å². The second-order valence-electron chi connectivity index (χ2n) is 7.79. The normalized spacial score (nSPS) is 11.9. The highest BCUT2D eigenvalue weighted by Gasteiger charge is 2.18.